The predicted molar refractivity (Wildman–Crippen MR) is 139 cm³/mol. The van der Waals surface area contributed by atoms with Crippen LogP contribution in [0.25, 0.3) is 5.57 Å². The van der Waals surface area contributed by atoms with Crippen molar-refractivity contribution < 1.29 is 23.4 Å². The number of para-hydroxylation sites is 1. The van der Waals surface area contributed by atoms with Crippen LogP contribution in [0.2, 0.25) is 0 Å². The van der Waals surface area contributed by atoms with E-state index in [0.717, 1.165) is 11.3 Å². The predicted octanol–water partition coefficient (Wildman–Crippen LogP) is 6.93. The smallest absolute Gasteiger partial charge is 0.233 e. The van der Waals surface area contributed by atoms with Crippen LogP contribution in [0.1, 0.15) is 23.6 Å². The van der Waals surface area contributed by atoms with Gasteiger partial charge in [-0.15, -0.1) is 0 Å². The first kappa shape index (κ1) is 24.4. The van der Waals surface area contributed by atoms with Crippen molar-refractivity contribution in [2.75, 3.05) is 11.5 Å². The lowest BCUT2D eigenvalue weighted by Gasteiger charge is -2.47. The van der Waals surface area contributed by atoms with Gasteiger partial charge >= 0.3 is 0 Å². The lowest BCUT2D eigenvalue weighted by molar-refractivity contribution is -0.130. The number of rotatable bonds is 8. The Morgan fingerprint density at radius 1 is 0.811 bits per heavy atom. The molecule has 1 N–H and O–H groups in total. The summed E-state index contributed by atoms with van der Waals surface area (Å²) in [5, 5.41) is 9.90. The van der Waals surface area contributed by atoms with Crippen LogP contribution < -0.4 is 9.64 Å². The van der Waals surface area contributed by atoms with Gasteiger partial charge in [0.15, 0.2) is 0 Å². The van der Waals surface area contributed by atoms with Crippen LogP contribution >= 0.6 is 0 Å². The minimum atomic E-state index is -0.382. The molecule has 1 fully saturated rings. The maximum Gasteiger partial charge on any atom is 0.233 e. The van der Waals surface area contributed by atoms with Crippen LogP contribution in [-0.4, -0.2) is 17.6 Å². The molecule has 4 aromatic carbocycles. The van der Waals surface area contributed by atoms with Crippen molar-refractivity contribution in [3.63, 3.8) is 0 Å². The van der Waals surface area contributed by atoms with E-state index >= 15 is 0 Å². The molecular weight excluding hydrogens is 472 g/mol. The van der Waals surface area contributed by atoms with Crippen LogP contribution in [0.3, 0.4) is 0 Å². The zero-order valence-corrected chi connectivity index (χ0v) is 19.9. The number of ether oxygens (including phenoxy) is 1. The van der Waals surface area contributed by atoms with Crippen molar-refractivity contribution in [3.05, 3.63) is 132 Å². The number of β-lactam (4-membered cyclic amide) rings is 1. The molecule has 5 rings (SSSR count). The Morgan fingerprint density at radius 3 is 2.03 bits per heavy atom. The summed E-state index contributed by atoms with van der Waals surface area (Å²) in [6, 6.07) is 28.5. The minimum absolute atomic E-state index is 0.0890. The number of halogens is 2. The molecule has 0 unspecified atom stereocenters. The number of nitrogens with zero attached hydrogens (tertiary/aromatic N) is 1. The zero-order valence-electron chi connectivity index (χ0n) is 19.9. The lowest BCUT2D eigenvalue weighted by atomic mass is 9.79. The summed E-state index contributed by atoms with van der Waals surface area (Å²) in [6.45, 7) is -0.232. The van der Waals surface area contributed by atoms with Gasteiger partial charge in [0.1, 0.15) is 23.1 Å². The average Bonchev–Trinajstić information content (AvgIpc) is 2.92. The molecule has 4 nitrogen and oxygen atoms in total. The first-order chi connectivity index (χ1) is 18.0. The van der Waals surface area contributed by atoms with Gasteiger partial charge in [-0.3, -0.25) is 4.79 Å². The molecule has 1 aliphatic heterocycles. The van der Waals surface area contributed by atoms with E-state index < -0.39 is 0 Å². The van der Waals surface area contributed by atoms with E-state index in [9.17, 15) is 18.7 Å². The number of carbonyl (C=O) groups excluding carboxylic acids is 1. The third-order valence-corrected chi connectivity index (χ3v) is 6.52. The highest BCUT2D eigenvalue weighted by molar-refractivity contribution is 6.03. The first-order valence-corrected chi connectivity index (χ1v) is 12.0. The number of anilines is 1. The summed E-state index contributed by atoms with van der Waals surface area (Å²) in [5.41, 5.74) is 2.85. The van der Waals surface area contributed by atoms with Gasteiger partial charge in [0.25, 0.3) is 0 Å². The molecule has 0 bridgehead atoms. The number of aliphatic hydroxyl groups is 1. The van der Waals surface area contributed by atoms with Crippen LogP contribution in [0, 0.1) is 17.6 Å². The van der Waals surface area contributed by atoms with Gasteiger partial charge in [0.2, 0.25) is 5.91 Å². The molecule has 186 valence electrons. The molecular formula is C31H25F2NO3. The number of hydrogen-bond acceptors (Lipinski definition) is 3. The zero-order chi connectivity index (χ0) is 25.8. The van der Waals surface area contributed by atoms with Gasteiger partial charge in [0, 0.05) is 5.69 Å². The Hall–Kier alpha value is -4.29. The molecule has 1 saturated heterocycles. The topological polar surface area (TPSA) is 49.8 Å². The van der Waals surface area contributed by atoms with Crippen LogP contribution in [0.4, 0.5) is 14.5 Å². The molecule has 1 heterocycles. The Bertz CT molecular complexity index is 1390. The Labute approximate surface area is 214 Å². The highest BCUT2D eigenvalue weighted by Gasteiger charge is 2.48. The first-order valence-electron chi connectivity index (χ1n) is 12.0. The molecule has 0 radical (unpaired) electrons. The van der Waals surface area contributed by atoms with E-state index in [4.69, 9.17) is 4.74 Å². The van der Waals surface area contributed by atoms with Crippen LogP contribution in [0.15, 0.2) is 109 Å². The normalized spacial score (nSPS) is 17.4. The molecule has 1 amide bonds. The van der Waals surface area contributed by atoms with E-state index in [1.807, 2.05) is 60.7 Å². The van der Waals surface area contributed by atoms with Crippen molar-refractivity contribution >= 4 is 17.2 Å². The number of allylic oxidation sites excluding steroid dienone is 1. The van der Waals surface area contributed by atoms with Gasteiger partial charge in [0.05, 0.1) is 18.6 Å². The second-order valence-corrected chi connectivity index (χ2v) is 8.85. The molecule has 2 atom stereocenters. The number of aliphatic hydroxyl groups excluding tert-OH is 1. The van der Waals surface area contributed by atoms with Crippen LogP contribution in [0.5, 0.6) is 11.5 Å². The SMILES string of the molecule is O=C1[C@H](CC=C(CO)c2ccc(F)cc2)[C@@H](c2ccc(Oc3ccccc3)cc2)N1c1ccc(F)cc1. The largest absolute Gasteiger partial charge is 0.457 e. The fraction of sp³-hybridized carbons (Fsp3) is 0.129. The molecule has 0 aromatic heterocycles. The maximum atomic E-state index is 13.6. The van der Waals surface area contributed by atoms with E-state index in [1.165, 1.54) is 24.3 Å². The van der Waals surface area contributed by atoms with Crippen molar-refractivity contribution in [2.45, 2.75) is 12.5 Å². The van der Waals surface area contributed by atoms with E-state index in [2.05, 4.69) is 0 Å². The standard InChI is InChI=1S/C31H25F2NO3/c32-24-11-6-21(7-12-24)23(20-35)10-19-29-30(34(31(29)36)26-15-13-25(33)14-16-26)22-8-17-28(18-9-22)37-27-4-2-1-3-5-27/h1-18,29-30,35H,19-20H2/t29-,30-/m1/s1. The number of benzene rings is 4. The summed E-state index contributed by atoms with van der Waals surface area (Å²) < 4.78 is 32.8. The van der Waals surface area contributed by atoms with Crippen molar-refractivity contribution in [1.82, 2.24) is 0 Å². The summed E-state index contributed by atoms with van der Waals surface area (Å²) >= 11 is 0. The molecule has 37 heavy (non-hydrogen) atoms. The molecule has 0 saturated carbocycles. The summed E-state index contributed by atoms with van der Waals surface area (Å²) in [7, 11) is 0. The third-order valence-electron chi connectivity index (χ3n) is 6.52. The Morgan fingerprint density at radius 2 is 1.41 bits per heavy atom. The maximum absolute atomic E-state index is 13.6. The molecule has 0 spiro atoms. The third kappa shape index (κ3) is 5.29. The number of amides is 1. The molecule has 4 aromatic rings. The lowest BCUT2D eigenvalue weighted by Crippen LogP contribution is -2.55. The van der Waals surface area contributed by atoms with E-state index in [-0.39, 0.29) is 36.1 Å². The number of carbonyl (C=O) groups is 1. The Kier molecular flexibility index (Phi) is 7.10. The van der Waals surface area contributed by atoms with Gasteiger partial charge in [-0.1, -0.05) is 48.5 Å². The van der Waals surface area contributed by atoms with Crippen molar-refractivity contribution in [2.24, 2.45) is 5.92 Å². The summed E-state index contributed by atoms with van der Waals surface area (Å²) in [6.07, 6.45) is 2.22. The summed E-state index contributed by atoms with van der Waals surface area (Å²) in [5.74, 6) is 0.195. The fourth-order valence-corrected chi connectivity index (χ4v) is 4.61. The highest BCUT2D eigenvalue weighted by atomic mass is 19.1. The average molecular weight is 498 g/mol. The van der Waals surface area contributed by atoms with Crippen molar-refractivity contribution in [3.8, 4) is 11.5 Å². The van der Waals surface area contributed by atoms with Gasteiger partial charge in [-0.05, 0) is 83.8 Å². The highest BCUT2D eigenvalue weighted by Crippen LogP contribution is 2.46. The van der Waals surface area contributed by atoms with Crippen LogP contribution in [-0.2, 0) is 4.79 Å². The summed E-state index contributed by atoms with van der Waals surface area (Å²) in [4.78, 5) is 15.0. The van der Waals surface area contributed by atoms with E-state index in [0.29, 0.717) is 29.0 Å². The monoisotopic (exact) mass is 497 g/mol. The van der Waals surface area contributed by atoms with Gasteiger partial charge in [-0.2, -0.15) is 0 Å². The van der Waals surface area contributed by atoms with Gasteiger partial charge in [-0.25, -0.2) is 8.78 Å². The molecule has 6 heteroatoms. The number of hydrogen-bond donors (Lipinski definition) is 1. The Balaban J connectivity index is 1.42. The van der Waals surface area contributed by atoms with E-state index in [1.54, 1.807) is 29.2 Å². The second-order valence-electron chi connectivity index (χ2n) is 8.85. The van der Waals surface area contributed by atoms with Gasteiger partial charge < -0.3 is 14.7 Å². The minimum Gasteiger partial charge on any atom is -0.457 e. The molecule has 1 aliphatic rings. The molecule has 0 aliphatic carbocycles. The quantitative estimate of drug-likeness (QED) is 0.269. The second kappa shape index (κ2) is 10.8. The van der Waals surface area contributed by atoms with Crippen molar-refractivity contribution in [1.29, 1.82) is 0 Å². The fourth-order valence-electron chi connectivity index (χ4n) is 4.61.